The number of allylic oxidation sites excluding steroid dienone is 1. The van der Waals surface area contributed by atoms with Gasteiger partial charge in [0, 0.05) is 19.4 Å². The molecule has 0 radical (unpaired) electrons. The minimum Gasteiger partial charge on any atom is -0.481 e. The van der Waals surface area contributed by atoms with Crippen LogP contribution in [-0.2, 0) is 18.3 Å². The Morgan fingerprint density at radius 2 is 2.00 bits per heavy atom. The first-order valence-corrected chi connectivity index (χ1v) is 6.07. The molecule has 0 unspecified atom stereocenters. The van der Waals surface area contributed by atoms with E-state index in [0.717, 1.165) is 11.1 Å². The molecule has 1 N–H and O–H groups in total. The van der Waals surface area contributed by atoms with E-state index in [1.165, 1.54) is 6.08 Å². The van der Waals surface area contributed by atoms with Crippen molar-refractivity contribution in [2.24, 2.45) is 7.05 Å². The summed E-state index contributed by atoms with van der Waals surface area (Å²) < 4.78 is 1.66. The van der Waals surface area contributed by atoms with Gasteiger partial charge in [0.15, 0.2) is 5.82 Å². The summed E-state index contributed by atoms with van der Waals surface area (Å²) >= 11 is 0. The molecular weight excluding hydrogens is 256 g/mol. The van der Waals surface area contributed by atoms with Crippen LogP contribution in [0.2, 0.25) is 0 Å². The molecule has 1 heterocycles. The lowest BCUT2D eigenvalue weighted by Crippen LogP contribution is -2.03. The fourth-order valence-corrected chi connectivity index (χ4v) is 1.77. The van der Waals surface area contributed by atoms with Crippen LogP contribution in [0.4, 0.5) is 0 Å². The van der Waals surface area contributed by atoms with Gasteiger partial charge >= 0.3 is 5.97 Å². The molecular formula is C15H14N2O3. The molecule has 0 aliphatic rings. The first-order valence-electron chi connectivity index (χ1n) is 6.07. The number of carboxylic acids is 1. The lowest BCUT2D eigenvalue weighted by molar-refractivity contribution is -0.136. The van der Waals surface area contributed by atoms with Gasteiger partial charge in [-0.3, -0.25) is 9.59 Å². The van der Waals surface area contributed by atoms with Gasteiger partial charge in [-0.1, -0.05) is 30.3 Å². The molecule has 0 aliphatic carbocycles. The van der Waals surface area contributed by atoms with E-state index in [2.05, 4.69) is 4.98 Å². The van der Waals surface area contributed by atoms with Gasteiger partial charge in [-0.15, -0.1) is 0 Å². The van der Waals surface area contributed by atoms with Crippen LogP contribution in [0.3, 0.4) is 0 Å². The zero-order chi connectivity index (χ0) is 14.5. The second-order valence-electron chi connectivity index (χ2n) is 4.37. The maximum atomic E-state index is 11.9. The lowest BCUT2D eigenvalue weighted by atomic mass is 10.1. The maximum absolute atomic E-state index is 11.9. The number of benzene rings is 1. The molecule has 0 amide bonds. The van der Waals surface area contributed by atoms with Crippen LogP contribution in [-0.4, -0.2) is 26.4 Å². The Morgan fingerprint density at radius 1 is 1.30 bits per heavy atom. The summed E-state index contributed by atoms with van der Waals surface area (Å²) in [6.07, 6.45) is 6.41. The van der Waals surface area contributed by atoms with Gasteiger partial charge in [0.25, 0.3) is 0 Å². The second-order valence-corrected chi connectivity index (χ2v) is 4.37. The Hall–Kier alpha value is -2.69. The molecule has 5 nitrogen and oxygen atoms in total. The monoisotopic (exact) mass is 270 g/mol. The number of aliphatic carboxylic acids is 1. The van der Waals surface area contributed by atoms with Crippen LogP contribution in [0, 0.1) is 0 Å². The Kier molecular flexibility index (Phi) is 4.10. The number of aromatic nitrogens is 2. The van der Waals surface area contributed by atoms with Crippen molar-refractivity contribution in [1.29, 1.82) is 0 Å². The van der Waals surface area contributed by atoms with Crippen LogP contribution in [0.1, 0.15) is 21.7 Å². The van der Waals surface area contributed by atoms with Gasteiger partial charge in [0.2, 0.25) is 5.78 Å². The van der Waals surface area contributed by atoms with Crippen molar-refractivity contribution in [3.8, 4) is 0 Å². The van der Waals surface area contributed by atoms with Crippen molar-refractivity contribution >= 4 is 17.8 Å². The normalized spacial score (nSPS) is 10.8. The highest BCUT2D eigenvalue weighted by Gasteiger charge is 2.06. The van der Waals surface area contributed by atoms with Crippen molar-refractivity contribution < 1.29 is 14.7 Å². The summed E-state index contributed by atoms with van der Waals surface area (Å²) in [4.78, 5) is 26.4. The molecule has 1 aromatic heterocycles. The van der Waals surface area contributed by atoms with Gasteiger partial charge in [0.1, 0.15) is 0 Å². The van der Waals surface area contributed by atoms with Gasteiger partial charge in [-0.05, 0) is 17.2 Å². The summed E-state index contributed by atoms with van der Waals surface area (Å²) in [6.45, 7) is 0. The number of ketones is 1. The number of carboxylic acid groups (broad SMARTS) is 1. The predicted molar refractivity (Wildman–Crippen MR) is 74.4 cm³/mol. The van der Waals surface area contributed by atoms with Crippen molar-refractivity contribution in [3.63, 3.8) is 0 Å². The number of hydrogen-bond donors (Lipinski definition) is 1. The Balaban J connectivity index is 2.06. The lowest BCUT2D eigenvalue weighted by Gasteiger charge is -1.98. The predicted octanol–water partition coefficient (Wildman–Crippen LogP) is 1.94. The SMILES string of the molecule is Cn1ccnc1C(=O)C=Cc1ccc(CC(=O)O)cc1. The van der Waals surface area contributed by atoms with Gasteiger partial charge in [0.05, 0.1) is 6.42 Å². The van der Waals surface area contributed by atoms with E-state index in [4.69, 9.17) is 5.11 Å². The summed E-state index contributed by atoms with van der Waals surface area (Å²) in [5, 5.41) is 8.68. The van der Waals surface area contributed by atoms with Crippen LogP contribution < -0.4 is 0 Å². The van der Waals surface area contributed by atoms with E-state index in [1.807, 2.05) is 0 Å². The average Bonchev–Trinajstić information content (AvgIpc) is 2.83. The van der Waals surface area contributed by atoms with Gasteiger partial charge in [-0.2, -0.15) is 0 Å². The van der Waals surface area contributed by atoms with Crippen LogP contribution in [0.25, 0.3) is 6.08 Å². The number of imidazole rings is 1. The Bertz CT molecular complexity index is 654. The zero-order valence-corrected chi connectivity index (χ0v) is 11.0. The number of rotatable bonds is 5. The number of aryl methyl sites for hydroxylation is 1. The fourth-order valence-electron chi connectivity index (χ4n) is 1.77. The Labute approximate surface area is 116 Å². The summed E-state index contributed by atoms with van der Waals surface area (Å²) in [7, 11) is 1.76. The van der Waals surface area contributed by atoms with Crippen molar-refractivity contribution in [2.75, 3.05) is 0 Å². The van der Waals surface area contributed by atoms with Crippen molar-refractivity contribution in [3.05, 3.63) is 59.7 Å². The quantitative estimate of drug-likeness (QED) is 0.665. The van der Waals surface area contributed by atoms with Crippen LogP contribution in [0.5, 0.6) is 0 Å². The number of carbonyl (C=O) groups excluding carboxylic acids is 1. The molecule has 0 saturated heterocycles. The Morgan fingerprint density at radius 3 is 2.55 bits per heavy atom. The van der Waals surface area contributed by atoms with Crippen molar-refractivity contribution in [1.82, 2.24) is 9.55 Å². The number of nitrogens with zero attached hydrogens (tertiary/aromatic N) is 2. The minimum absolute atomic E-state index is 0.00377. The minimum atomic E-state index is -0.863. The van der Waals surface area contributed by atoms with E-state index in [1.54, 1.807) is 54.3 Å². The number of hydrogen-bond acceptors (Lipinski definition) is 3. The average molecular weight is 270 g/mol. The topological polar surface area (TPSA) is 72.2 Å². The standard InChI is InChI=1S/C15H14N2O3/c1-17-9-8-16-15(17)13(18)7-6-11-2-4-12(5-3-11)10-14(19)20/h2-9H,10H2,1H3,(H,19,20). The van der Waals surface area contributed by atoms with E-state index >= 15 is 0 Å². The highest BCUT2D eigenvalue weighted by Crippen LogP contribution is 2.08. The van der Waals surface area contributed by atoms with Crippen molar-refractivity contribution in [2.45, 2.75) is 6.42 Å². The molecule has 102 valence electrons. The molecule has 20 heavy (non-hydrogen) atoms. The smallest absolute Gasteiger partial charge is 0.307 e. The van der Waals surface area contributed by atoms with E-state index in [0.29, 0.717) is 5.82 Å². The number of carbonyl (C=O) groups is 2. The molecule has 1 aromatic carbocycles. The molecule has 0 fully saturated rings. The van der Waals surface area contributed by atoms with E-state index < -0.39 is 5.97 Å². The van der Waals surface area contributed by atoms with Gasteiger partial charge in [-0.25, -0.2) is 4.98 Å². The van der Waals surface area contributed by atoms with Crippen LogP contribution >= 0.6 is 0 Å². The highest BCUT2D eigenvalue weighted by molar-refractivity contribution is 6.04. The van der Waals surface area contributed by atoms with E-state index in [-0.39, 0.29) is 12.2 Å². The van der Waals surface area contributed by atoms with Gasteiger partial charge < -0.3 is 9.67 Å². The maximum Gasteiger partial charge on any atom is 0.307 e. The van der Waals surface area contributed by atoms with E-state index in [9.17, 15) is 9.59 Å². The summed E-state index contributed by atoms with van der Waals surface area (Å²) in [5.74, 6) is -0.658. The fraction of sp³-hybridized carbons (Fsp3) is 0.133. The molecule has 0 saturated carbocycles. The first kappa shape index (κ1) is 13.7. The highest BCUT2D eigenvalue weighted by atomic mass is 16.4. The molecule has 5 heteroatoms. The molecule has 2 rings (SSSR count). The third-order valence-corrected chi connectivity index (χ3v) is 2.80. The molecule has 0 bridgehead atoms. The summed E-state index contributed by atoms with van der Waals surface area (Å²) in [5.41, 5.74) is 1.56. The molecule has 2 aromatic rings. The third-order valence-electron chi connectivity index (χ3n) is 2.80. The first-order chi connectivity index (χ1) is 9.56. The summed E-state index contributed by atoms with van der Waals surface area (Å²) in [6, 6.07) is 7.03. The second kappa shape index (κ2) is 5.97. The third kappa shape index (κ3) is 3.41. The molecule has 0 aliphatic heterocycles. The molecule has 0 spiro atoms. The zero-order valence-electron chi connectivity index (χ0n) is 11.0. The van der Waals surface area contributed by atoms with Crippen LogP contribution in [0.15, 0.2) is 42.7 Å². The largest absolute Gasteiger partial charge is 0.481 e. The molecule has 0 atom stereocenters.